The Balaban J connectivity index is 1.91. The highest BCUT2D eigenvalue weighted by Gasteiger charge is 2.15. The van der Waals surface area contributed by atoms with Crippen molar-refractivity contribution in [2.75, 3.05) is 0 Å². The van der Waals surface area contributed by atoms with Gasteiger partial charge in [0.1, 0.15) is 6.61 Å². The number of halogens is 1. The van der Waals surface area contributed by atoms with Gasteiger partial charge in [-0.1, -0.05) is 42.5 Å². The Hall–Kier alpha value is -2.59. The van der Waals surface area contributed by atoms with Crippen LogP contribution in [0, 0.1) is 6.92 Å². The van der Waals surface area contributed by atoms with E-state index in [1.807, 2.05) is 55.5 Å². The topological polar surface area (TPSA) is 39.4 Å². The first-order valence-corrected chi connectivity index (χ1v) is 8.76. The fraction of sp³-hybridized carbons (Fsp3) is 0.0952. The van der Waals surface area contributed by atoms with E-state index >= 15 is 0 Å². The number of hydrogen-bond acceptors (Lipinski definition) is 3. The Morgan fingerprint density at radius 1 is 0.920 bits per heavy atom. The van der Waals surface area contributed by atoms with Crippen LogP contribution in [0.3, 0.4) is 0 Å². The van der Waals surface area contributed by atoms with Crippen molar-refractivity contribution in [2.45, 2.75) is 13.5 Å². The molecule has 0 saturated heterocycles. The largest absolute Gasteiger partial charge is 0.485 e. The van der Waals surface area contributed by atoms with Gasteiger partial charge in [-0.3, -0.25) is 4.79 Å². The Morgan fingerprint density at radius 3 is 2.48 bits per heavy atom. The van der Waals surface area contributed by atoms with E-state index in [9.17, 15) is 4.79 Å². The van der Waals surface area contributed by atoms with Crippen molar-refractivity contribution in [1.29, 1.82) is 0 Å². The molecular formula is C21H15BrO3. The van der Waals surface area contributed by atoms with Gasteiger partial charge in [-0.25, -0.2) is 0 Å². The van der Waals surface area contributed by atoms with Gasteiger partial charge in [0, 0.05) is 0 Å². The molecule has 0 spiro atoms. The van der Waals surface area contributed by atoms with E-state index in [0.29, 0.717) is 34.3 Å². The van der Waals surface area contributed by atoms with Crippen LogP contribution >= 0.6 is 15.9 Å². The SMILES string of the molecule is Cc1ccc2c(=O)c3cccc(Br)c3oc2c1OCc1ccccc1. The number of fused-ring (bicyclic) bond motifs is 2. The second kappa shape index (κ2) is 6.37. The summed E-state index contributed by atoms with van der Waals surface area (Å²) in [6.45, 7) is 2.36. The molecule has 0 fully saturated rings. The molecule has 0 aliphatic heterocycles. The molecule has 0 saturated carbocycles. The Morgan fingerprint density at radius 2 is 1.68 bits per heavy atom. The van der Waals surface area contributed by atoms with Gasteiger partial charge in [0.25, 0.3) is 0 Å². The Kier molecular flexibility index (Phi) is 4.06. The second-order valence-corrected chi connectivity index (χ2v) is 6.76. The molecule has 0 unspecified atom stereocenters. The summed E-state index contributed by atoms with van der Waals surface area (Å²) in [5.41, 5.74) is 2.96. The molecule has 3 aromatic carbocycles. The van der Waals surface area contributed by atoms with Gasteiger partial charge in [-0.15, -0.1) is 0 Å². The van der Waals surface area contributed by atoms with Gasteiger partial charge >= 0.3 is 0 Å². The van der Waals surface area contributed by atoms with Gasteiger partial charge in [-0.05, 0) is 52.2 Å². The molecule has 0 aliphatic rings. The fourth-order valence-corrected chi connectivity index (χ4v) is 3.34. The third-order valence-electron chi connectivity index (χ3n) is 4.20. The zero-order valence-electron chi connectivity index (χ0n) is 13.6. The van der Waals surface area contributed by atoms with Crippen LogP contribution in [0.15, 0.2) is 74.3 Å². The van der Waals surface area contributed by atoms with Crippen molar-refractivity contribution in [3.63, 3.8) is 0 Å². The summed E-state index contributed by atoms with van der Waals surface area (Å²) < 4.78 is 12.9. The lowest BCUT2D eigenvalue weighted by molar-refractivity contribution is 0.303. The van der Waals surface area contributed by atoms with E-state index in [1.54, 1.807) is 12.1 Å². The van der Waals surface area contributed by atoms with E-state index in [0.717, 1.165) is 15.6 Å². The van der Waals surface area contributed by atoms with Crippen LogP contribution in [0.1, 0.15) is 11.1 Å². The van der Waals surface area contributed by atoms with Crippen LogP contribution in [0.25, 0.3) is 21.9 Å². The standard InChI is InChI=1S/C21H15BrO3/c1-13-10-11-16-18(23)15-8-5-9-17(22)20(15)25-21(16)19(13)24-12-14-6-3-2-4-7-14/h2-11H,12H2,1H3. The van der Waals surface area contributed by atoms with E-state index in [-0.39, 0.29) is 5.43 Å². The molecule has 1 aromatic heterocycles. The first-order chi connectivity index (χ1) is 12.1. The summed E-state index contributed by atoms with van der Waals surface area (Å²) in [6.07, 6.45) is 0. The van der Waals surface area contributed by atoms with Crippen molar-refractivity contribution in [3.8, 4) is 5.75 Å². The molecule has 124 valence electrons. The van der Waals surface area contributed by atoms with Gasteiger partial charge < -0.3 is 9.15 Å². The van der Waals surface area contributed by atoms with Crippen LogP contribution in [-0.2, 0) is 6.61 Å². The predicted octanol–water partition coefficient (Wildman–Crippen LogP) is 5.60. The average molecular weight is 395 g/mol. The lowest BCUT2D eigenvalue weighted by Gasteiger charge is -2.12. The molecular weight excluding hydrogens is 380 g/mol. The highest BCUT2D eigenvalue weighted by Crippen LogP contribution is 2.33. The van der Waals surface area contributed by atoms with Gasteiger partial charge in [-0.2, -0.15) is 0 Å². The molecule has 25 heavy (non-hydrogen) atoms. The summed E-state index contributed by atoms with van der Waals surface area (Å²) in [4.78, 5) is 12.8. The summed E-state index contributed by atoms with van der Waals surface area (Å²) >= 11 is 3.46. The van der Waals surface area contributed by atoms with E-state index in [1.165, 1.54) is 0 Å². The Bertz CT molecular complexity index is 1130. The van der Waals surface area contributed by atoms with Crippen molar-refractivity contribution in [3.05, 3.63) is 86.5 Å². The second-order valence-electron chi connectivity index (χ2n) is 5.91. The van der Waals surface area contributed by atoms with Gasteiger partial charge in [0.2, 0.25) is 5.43 Å². The number of aryl methyl sites for hydroxylation is 1. The van der Waals surface area contributed by atoms with Crippen molar-refractivity contribution < 1.29 is 9.15 Å². The molecule has 1 heterocycles. The summed E-state index contributed by atoms with van der Waals surface area (Å²) in [5.74, 6) is 0.608. The minimum absolute atomic E-state index is 0.0536. The highest BCUT2D eigenvalue weighted by atomic mass is 79.9. The number of rotatable bonds is 3. The number of para-hydroxylation sites is 1. The lowest BCUT2D eigenvalue weighted by Crippen LogP contribution is -2.05. The maximum absolute atomic E-state index is 12.8. The molecule has 0 amide bonds. The zero-order valence-corrected chi connectivity index (χ0v) is 15.2. The monoisotopic (exact) mass is 394 g/mol. The molecule has 4 aromatic rings. The smallest absolute Gasteiger partial charge is 0.200 e. The molecule has 3 nitrogen and oxygen atoms in total. The molecule has 0 radical (unpaired) electrons. The Labute approximate surface area is 153 Å². The maximum Gasteiger partial charge on any atom is 0.200 e. The summed E-state index contributed by atoms with van der Waals surface area (Å²) in [5, 5.41) is 1.08. The summed E-state index contributed by atoms with van der Waals surface area (Å²) in [7, 11) is 0. The van der Waals surface area contributed by atoms with E-state index < -0.39 is 0 Å². The van der Waals surface area contributed by atoms with Gasteiger partial charge in [0.05, 0.1) is 15.2 Å². The summed E-state index contributed by atoms with van der Waals surface area (Å²) in [6, 6.07) is 19.1. The van der Waals surface area contributed by atoms with Crippen LogP contribution < -0.4 is 10.2 Å². The van der Waals surface area contributed by atoms with Crippen molar-refractivity contribution >= 4 is 37.9 Å². The molecule has 0 aliphatic carbocycles. The average Bonchev–Trinajstić information content (AvgIpc) is 2.63. The molecule has 4 heteroatoms. The molecule has 0 bridgehead atoms. The molecule has 0 N–H and O–H groups in total. The first kappa shape index (κ1) is 15.9. The number of ether oxygens (including phenoxy) is 1. The third kappa shape index (κ3) is 2.83. The number of hydrogen-bond donors (Lipinski definition) is 0. The third-order valence-corrected chi connectivity index (χ3v) is 4.82. The van der Waals surface area contributed by atoms with Crippen LogP contribution in [0.2, 0.25) is 0 Å². The van der Waals surface area contributed by atoms with Crippen LogP contribution in [0.5, 0.6) is 5.75 Å². The maximum atomic E-state index is 12.8. The minimum atomic E-state index is -0.0536. The quantitative estimate of drug-likeness (QED) is 0.424. The normalized spacial score (nSPS) is 11.1. The number of benzene rings is 3. The van der Waals surface area contributed by atoms with Gasteiger partial charge in [0.15, 0.2) is 16.9 Å². The highest BCUT2D eigenvalue weighted by molar-refractivity contribution is 9.10. The molecule has 4 rings (SSSR count). The van der Waals surface area contributed by atoms with Crippen LogP contribution in [-0.4, -0.2) is 0 Å². The first-order valence-electron chi connectivity index (χ1n) is 7.96. The lowest BCUT2D eigenvalue weighted by atomic mass is 10.1. The van der Waals surface area contributed by atoms with E-state index in [2.05, 4.69) is 15.9 Å². The van der Waals surface area contributed by atoms with Crippen molar-refractivity contribution in [2.24, 2.45) is 0 Å². The minimum Gasteiger partial charge on any atom is -0.485 e. The van der Waals surface area contributed by atoms with Crippen LogP contribution in [0.4, 0.5) is 0 Å². The zero-order chi connectivity index (χ0) is 17.4. The predicted molar refractivity (Wildman–Crippen MR) is 103 cm³/mol. The van der Waals surface area contributed by atoms with E-state index in [4.69, 9.17) is 9.15 Å². The van der Waals surface area contributed by atoms with Crippen molar-refractivity contribution in [1.82, 2.24) is 0 Å². The fourth-order valence-electron chi connectivity index (χ4n) is 2.89. The molecule has 0 atom stereocenters.